The van der Waals surface area contributed by atoms with Gasteiger partial charge >= 0.3 is 0 Å². The summed E-state index contributed by atoms with van der Waals surface area (Å²) >= 11 is 0. The summed E-state index contributed by atoms with van der Waals surface area (Å²) in [5, 5.41) is 6.84. The van der Waals surface area contributed by atoms with Gasteiger partial charge in [-0.2, -0.15) is 5.10 Å². The molecule has 0 radical (unpaired) electrons. The summed E-state index contributed by atoms with van der Waals surface area (Å²) in [7, 11) is 1.55. The molecule has 0 bridgehead atoms. The van der Waals surface area contributed by atoms with Crippen molar-refractivity contribution in [1.29, 1.82) is 0 Å². The number of halogens is 1. The number of hydrogen-bond acceptors (Lipinski definition) is 4. The van der Waals surface area contributed by atoms with Crippen LogP contribution in [0.15, 0.2) is 18.2 Å². The predicted octanol–water partition coefficient (Wildman–Crippen LogP) is 1.04. The first kappa shape index (κ1) is 12.5. The summed E-state index contributed by atoms with van der Waals surface area (Å²) < 4.78 is 18.4. The third kappa shape index (κ3) is 2.84. The normalized spacial score (nSPS) is 10.6. The molecule has 0 unspecified atom stereocenters. The van der Waals surface area contributed by atoms with Crippen LogP contribution in [0, 0.1) is 5.82 Å². The van der Waals surface area contributed by atoms with Gasteiger partial charge in [0.05, 0.1) is 7.11 Å². The van der Waals surface area contributed by atoms with Crippen molar-refractivity contribution in [2.75, 3.05) is 13.7 Å². The number of nitrogens with one attached hydrogen (secondary N) is 1. The third-order valence-corrected chi connectivity index (χ3v) is 2.55. The van der Waals surface area contributed by atoms with E-state index >= 15 is 0 Å². The molecule has 0 aliphatic rings. The van der Waals surface area contributed by atoms with E-state index < -0.39 is 0 Å². The molecular weight excluding hydrogens is 235 g/mol. The highest BCUT2D eigenvalue weighted by molar-refractivity contribution is 5.35. The monoisotopic (exact) mass is 250 g/mol. The van der Waals surface area contributed by atoms with Crippen LogP contribution in [-0.2, 0) is 12.8 Å². The minimum absolute atomic E-state index is 0.299. The lowest BCUT2D eigenvalue weighted by Gasteiger charge is -2.06. The Morgan fingerprint density at radius 2 is 2.28 bits per heavy atom. The smallest absolute Gasteiger partial charge is 0.151 e. The maximum Gasteiger partial charge on any atom is 0.151 e. The van der Waals surface area contributed by atoms with Crippen molar-refractivity contribution < 1.29 is 9.13 Å². The molecule has 2 rings (SSSR count). The number of methoxy groups -OCH3 is 1. The van der Waals surface area contributed by atoms with Crippen LogP contribution < -0.4 is 10.5 Å². The standard InChI is InChI=1S/C12H15FN4O/c1-18-10-3-2-9(13)6-8(10)7-12-15-11(4-5-14)16-17-12/h2-3,6H,4-5,7,14H2,1H3,(H,15,16,17). The molecule has 18 heavy (non-hydrogen) atoms. The lowest BCUT2D eigenvalue weighted by molar-refractivity contribution is 0.409. The topological polar surface area (TPSA) is 76.8 Å². The molecule has 0 atom stereocenters. The minimum atomic E-state index is -0.299. The van der Waals surface area contributed by atoms with Crippen LogP contribution in [0.1, 0.15) is 17.2 Å². The molecule has 5 nitrogen and oxygen atoms in total. The van der Waals surface area contributed by atoms with E-state index in [1.807, 2.05) is 0 Å². The Labute approximate surface area is 104 Å². The molecule has 3 N–H and O–H groups in total. The Balaban J connectivity index is 2.19. The number of benzene rings is 1. The average molecular weight is 250 g/mol. The molecule has 0 amide bonds. The van der Waals surface area contributed by atoms with E-state index in [4.69, 9.17) is 10.5 Å². The van der Waals surface area contributed by atoms with Gasteiger partial charge in [-0.05, 0) is 24.7 Å². The van der Waals surface area contributed by atoms with Crippen molar-refractivity contribution in [3.8, 4) is 5.75 Å². The van der Waals surface area contributed by atoms with Crippen molar-refractivity contribution in [1.82, 2.24) is 15.2 Å². The van der Waals surface area contributed by atoms with E-state index in [1.54, 1.807) is 13.2 Å². The van der Waals surface area contributed by atoms with Crippen LogP contribution >= 0.6 is 0 Å². The van der Waals surface area contributed by atoms with E-state index in [0.717, 1.165) is 5.56 Å². The van der Waals surface area contributed by atoms with Gasteiger partial charge in [-0.1, -0.05) is 0 Å². The van der Waals surface area contributed by atoms with Crippen molar-refractivity contribution >= 4 is 0 Å². The van der Waals surface area contributed by atoms with Crippen LogP contribution in [0.25, 0.3) is 0 Å². The highest BCUT2D eigenvalue weighted by Gasteiger charge is 2.09. The molecular formula is C12H15FN4O. The highest BCUT2D eigenvalue weighted by atomic mass is 19.1. The first-order chi connectivity index (χ1) is 8.72. The van der Waals surface area contributed by atoms with Crippen molar-refractivity contribution in [2.24, 2.45) is 5.73 Å². The Kier molecular flexibility index (Phi) is 3.88. The Hall–Kier alpha value is -1.95. The fraction of sp³-hybridized carbons (Fsp3) is 0.333. The van der Waals surface area contributed by atoms with Gasteiger partial charge in [-0.3, -0.25) is 5.10 Å². The number of nitrogens with zero attached hydrogens (tertiary/aromatic N) is 2. The molecule has 0 saturated carbocycles. The second-order valence-electron chi connectivity index (χ2n) is 3.87. The van der Waals surface area contributed by atoms with Crippen LogP contribution in [-0.4, -0.2) is 28.8 Å². The van der Waals surface area contributed by atoms with Crippen LogP contribution in [0.5, 0.6) is 5.75 Å². The summed E-state index contributed by atoms with van der Waals surface area (Å²) in [5.41, 5.74) is 6.15. The van der Waals surface area contributed by atoms with Gasteiger partial charge in [0.25, 0.3) is 0 Å². The van der Waals surface area contributed by atoms with E-state index in [0.29, 0.717) is 36.8 Å². The van der Waals surface area contributed by atoms with Crippen LogP contribution in [0.2, 0.25) is 0 Å². The summed E-state index contributed by atoms with van der Waals surface area (Å²) in [5.74, 6) is 1.67. The molecule has 0 fully saturated rings. The van der Waals surface area contributed by atoms with Gasteiger partial charge in [0.1, 0.15) is 17.4 Å². The molecule has 6 heteroatoms. The van der Waals surface area contributed by atoms with E-state index in [1.165, 1.54) is 12.1 Å². The van der Waals surface area contributed by atoms with Gasteiger partial charge in [0, 0.05) is 18.4 Å². The van der Waals surface area contributed by atoms with Gasteiger partial charge in [-0.25, -0.2) is 9.37 Å². The number of nitrogens with two attached hydrogens (primary N) is 1. The van der Waals surface area contributed by atoms with E-state index in [2.05, 4.69) is 15.2 Å². The summed E-state index contributed by atoms with van der Waals surface area (Å²) in [6.45, 7) is 0.501. The van der Waals surface area contributed by atoms with E-state index in [-0.39, 0.29) is 5.82 Å². The van der Waals surface area contributed by atoms with Gasteiger partial charge < -0.3 is 10.5 Å². The number of aromatic amines is 1. The number of H-pyrrole nitrogens is 1. The minimum Gasteiger partial charge on any atom is -0.496 e. The molecule has 1 aromatic heterocycles. The Morgan fingerprint density at radius 1 is 1.44 bits per heavy atom. The molecule has 1 heterocycles. The second-order valence-corrected chi connectivity index (χ2v) is 3.87. The molecule has 0 saturated heterocycles. The summed E-state index contributed by atoms with van der Waals surface area (Å²) in [6.07, 6.45) is 1.06. The van der Waals surface area contributed by atoms with Gasteiger partial charge in [0.2, 0.25) is 0 Å². The van der Waals surface area contributed by atoms with Crippen molar-refractivity contribution in [3.63, 3.8) is 0 Å². The zero-order valence-electron chi connectivity index (χ0n) is 10.1. The van der Waals surface area contributed by atoms with Gasteiger partial charge in [-0.15, -0.1) is 0 Å². The SMILES string of the molecule is COc1ccc(F)cc1Cc1nc(CCN)n[nH]1. The van der Waals surface area contributed by atoms with Crippen LogP contribution in [0.3, 0.4) is 0 Å². The molecule has 0 aliphatic carbocycles. The largest absolute Gasteiger partial charge is 0.496 e. The lowest BCUT2D eigenvalue weighted by atomic mass is 10.1. The van der Waals surface area contributed by atoms with E-state index in [9.17, 15) is 4.39 Å². The third-order valence-electron chi connectivity index (χ3n) is 2.55. The van der Waals surface area contributed by atoms with Gasteiger partial charge in [0.15, 0.2) is 5.82 Å². The Bertz CT molecular complexity index is 527. The van der Waals surface area contributed by atoms with Crippen molar-refractivity contribution in [3.05, 3.63) is 41.2 Å². The fourth-order valence-corrected chi connectivity index (χ4v) is 1.72. The first-order valence-corrected chi connectivity index (χ1v) is 5.65. The number of rotatable bonds is 5. The molecule has 96 valence electrons. The molecule has 2 aromatic rings. The molecule has 0 spiro atoms. The number of ether oxygens (including phenoxy) is 1. The zero-order chi connectivity index (χ0) is 13.0. The average Bonchev–Trinajstić information content (AvgIpc) is 2.77. The lowest BCUT2D eigenvalue weighted by Crippen LogP contribution is -2.04. The van der Waals surface area contributed by atoms with Crippen LogP contribution in [0.4, 0.5) is 4.39 Å². The second kappa shape index (κ2) is 5.59. The Morgan fingerprint density at radius 3 is 3.00 bits per heavy atom. The number of aromatic nitrogens is 3. The zero-order valence-corrected chi connectivity index (χ0v) is 10.1. The summed E-state index contributed by atoms with van der Waals surface area (Å²) in [6, 6.07) is 4.40. The fourth-order valence-electron chi connectivity index (χ4n) is 1.72. The maximum absolute atomic E-state index is 13.2. The number of hydrogen-bond donors (Lipinski definition) is 2. The summed E-state index contributed by atoms with van der Waals surface area (Å²) in [4.78, 5) is 4.28. The molecule has 1 aromatic carbocycles. The quantitative estimate of drug-likeness (QED) is 0.831. The highest BCUT2D eigenvalue weighted by Crippen LogP contribution is 2.21. The maximum atomic E-state index is 13.2. The predicted molar refractivity (Wildman–Crippen MR) is 64.9 cm³/mol. The molecule has 0 aliphatic heterocycles. The van der Waals surface area contributed by atoms with Crippen molar-refractivity contribution in [2.45, 2.75) is 12.8 Å². The first-order valence-electron chi connectivity index (χ1n) is 5.65.